The van der Waals surface area contributed by atoms with Gasteiger partial charge >= 0.3 is 5.97 Å². The van der Waals surface area contributed by atoms with Gasteiger partial charge in [0, 0.05) is 5.69 Å². The summed E-state index contributed by atoms with van der Waals surface area (Å²) in [5, 5.41) is 4.49. The van der Waals surface area contributed by atoms with Crippen LogP contribution in [-0.2, 0) is 21.6 Å². The number of aryl methyl sites for hydroxylation is 2. The van der Waals surface area contributed by atoms with Crippen LogP contribution in [0.4, 0.5) is 0 Å². The Morgan fingerprint density at radius 3 is 2.40 bits per heavy atom. The van der Waals surface area contributed by atoms with Crippen LogP contribution in [0.5, 0.6) is 11.5 Å². The summed E-state index contributed by atoms with van der Waals surface area (Å²) in [6.07, 6.45) is 0. The highest BCUT2D eigenvalue weighted by molar-refractivity contribution is 5.82. The van der Waals surface area contributed by atoms with Crippen LogP contribution in [0.25, 0.3) is 5.69 Å². The quantitative estimate of drug-likeness (QED) is 0.592. The van der Waals surface area contributed by atoms with Crippen molar-refractivity contribution < 1.29 is 19.0 Å². The molecule has 0 radical (unpaired) electrons. The molecule has 0 bridgehead atoms. The van der Waals surface area contributed by atoms with E-state index in [9.17, 15) is 4.79 Å². The van der Waals surface area contributed by atoms with Crippen LogP contribution in [0, 0.1) is 13.8 Å². The molecule has 0 N–H and O–H groups in total. The molecule has 0 aliphatic carbocycles. The molecule has 4 rings (SSSR count). The van der Waals surface area contributed by atoms with Gasteiger partial charge in [-0.3, -0.25) is 4.79 Å². The maximum Gasteiger partial charge on any atom is 0.316 e. The van der Waals surface area contributed by atoms with E-state index in [1.807, 2.05) is 80.9 Å². The summed E-state index contributed by atoms with van der Waals surface area (Å²) in [6.45, 7) is 8.96. The molecule has 2 aromatic carbocycles. The summed E-state index contributed by atoms with van der Waals surface area (Å²) < 4.78 is 18.7. The highest BCUT2D eigenvalue weighted by Gasteiger charge is 2.33. The molecule has 6 heteroatoms. The number of esters is 1. The number of aromatic nitrogens is 2. The normalized spacial score (nSPS) is 13.2. The fourth-order valence-electron chi connectivity index (χ4n) is 3.50. The highest BCUT2D eigenvalue weighted by atomic mass is 16.6. The van der Waals surface area contributed by atoms with E-state index in [1.54, 1.807) is 0 Å². The lowest BCUT2D eigenvalue weighted by Gasteiger charge is -2.26. The van der Waals surface area contributed by atoms with Gasteiger partial charge in [-0.05, 0) is 69.2 Å². The van der Waals surface area contributed by atoms with E-state index in [-0.39, 0.29) is 12.6 Å². The van der Waals surface area contributed by atoms with Crippen molar-refractivity contribution in [2.75, 3.05) is 13.2 Å². The molecule has 30 heavy (non-hydrogen) atoms. The first-order valence-electron chi connectivity index (χ1n) is 10.0. The number of fused-ring (bicyclic) bond motifs is 1. The van der Waals surface area contributed by atoms with Gasteiger partial charge in [-0.15, -0.1) is 0 Å². The molecular formula is C24H26N2O4. The zero-order chi connectivity index (χ0) is 21.3. The minimum atomic E-state index is -0.806. The molecule has 1 aliphatic rings. The van der Waals surface area contributed by atoms with Crippen LogP contribution in [0.15, 0.2) is 48.5 Å². The first-order valence-corrected chi connectivity index (χ1v) is 10.0. The van der Waals surface area contributed by atoms with Crippen molar-refractivity contribution in [2.24, 2.45) is 0 Å². The Morgan fingerprint density at radius 2 is 1.73 bits per heavy atom. The Labute approximate surface area is 176 Å². The van der Waals surface area contributed by atoms with E-state index >= 15 is 0 Å². The standard InChI is InChI=1S/C24H26N2O4/c1-16-13-17(2)26(25-16)20-8-5-18(6-9-20)15-30-23(27)24(3,4)19-7-10-21-22(14-19)29-12-11-28-21/h5-10,13-14H,11-12,15H2,1-4H3. The van der Waals surface area contributed by atoms with Crippen LogP contribution >= 0.6 is 0 Å². The average molecular weight is 406 g/mol. The van der Waals surface area contributed by atoms with E-state index in [0.29, 0.717) is 24.7 Å². The zero-order valence-corrected chi connectivity index (χ0v) is 17.8. The van der Waals surface area contributed by atoms with E-state index in [1.165, 1.54) is 0 Å². The summed E-state index contributed by atoms with van der Waals surface area (Å²) >= 11 is 0. The fraction of sp³-hybridized carbons (Fsp3) is 0.333. The SMILES string of the molecule is Cc1cc(C)n(-c2ccc(COC(=O)C(C)(C)c3ccc4c(c3)OCCO4)cc2)n1. The molecule has 0 fully saturated rings. The van der Waals surface area contributed by atoms with Crippen molar-refractivity contribution in [3.8, 4) is 17.2 Å². The zero-order valence-electron chi connectivity index (χ0n) is 17.8. The molecule has 3 aromatic rings. The first kappa shape index (κ1) is 20.0. The molecule has 0 saturated carbocycles. The molecule has 1 aromatic heterocycles. The van der Waals surface area contributed by atoms with E-state index in [4.69, 9.17) is 14.2 Å². The third kappa shape index (κ3) is 3.90. The maximum absolute atomic E-state index is 12.8. The molecule has 156 valence electrons. The van der Waals surface area contributed by atoms with Gasteiger partial charge in [-0.2, -0.15) is 5.10 Å². The molecule has 0 atom stereocenters. The average Bonchev–Trinajstić information content (AvgIpc) is 3.09. The second kappa shape index (κ2) is 7.86. The van der Waals surface area contributed by atoms with Crippen LogP contribution in [-0.4, -0.2) is 29.0 Å². The van der Waals surface area contributed by atoms with Gasteiger partial charge in [0.25, 0.3) is 0 Å². The number of carbonyl (C=O) groups is 1. The molecule has 0 unspecified atom stereocenters. The van der Waals surface area contributed by atoms with Crippen molar-refractivity contribution >= 4 is 5.97 Å². The largest absolute Gasteiger partial charge is 0.486 e. The van der Waals surface area contributed by atoms with Gasteiger partial charge in [-0.1, -0.05) is 18.2 Å². The first-order chi connectivity index (χ1) is 14.3. The predicted molar refractivity (Wildman–Crippen MR) is 113 cm³/mol. The molecule has 0 spiro atoms. The number of hydrogen-bond donors (Lipinski definition) is 0. The summed E-state index contributed by atoms with van der Waals surface area (Å²) in [6, 6.07) is 15.5. The summed E-state index contributed by atoms with van der Waals surface area (Å²) in [5.74, 6) is 1.08. The van der Waals surface area contributed by atoms with Gasteiger partial charge in [0.15, 0.2) is 11.5 Å². The second-order valence-corrected chi connectivity index (χ2v) is 8.06. The minimum absolute atomic E-state index is 0.213. The number of hydrogen-bond acceptors (Lipinski definition) is 5. The van der Waals surface area contributed by atoms with Gasteiger partial charge in [-0.25, -0.2) is 4.68 Å². The van der Waals surface area contributed by atoms with Gasteiger partial charge < -0.3 is 14.2 Å². The molecule has 0 saturated heterocycles. The van der Waals surface area contributed by atoms with Gasteiger partial charge in [0.2, 0.25) is 0 Å². The van der Waals surface area contributed by atoms with Gasteiger partial charge in [0.1, 0.15) is 19.8 Å². The predicted octanol–water partition coefficient (Wildman–Crippen LogP) is 4.28. The third-order valence-corrected chi connectivity index (χ3v) is 5.33. The van der Waals surface area contributed by atoms with Crippen molar-refractivity contribution in [2.45, 2.75) is 39.7 Å². The van der Waals surface area contributed by atoms with Crippen molar-refractivity contribution in [1.29, 1.82) is 0 Å². The lowest BCUT2D eigenvalue weighted by Crippen LogP contribution is -2.31. The van der Waals surface area contributed by atoms with Crippen LogP contribution in [0.3, 0.4) is 0 Å². The number of benzene rings is 2. The minimum Gasteiger partial charge on any atom is -0.486 e. The Morgan fingerprint density at radius 1 is 1.03 bits per heavy atom. The Hall–Kier alpha value is -3.28. The molecule has 6 nitrogen and oxygen atoms in total. The third-order valence-electron chi connectivity index (χ3n) is 5.33. The number of nitrogens with zero attached hydrogens (tertiary/aromatic N) is 2. The van der Waals surface area contributed by atoms with E-state index in [2.05, 4.69) is 5.10 Å². The topological polar surface area (TPSA) is 62.6 Å². The monoisotopic (exact) mass is 406 g/mol. The van der Waals surface area contributed by atoms with Gasteiger partial charge in [0.05, 0.1) is 16.8 Å². The molecule has 0 amide bonds. The van der Waals surface area contributed by atoms with Crippen molar-refractivity contribution in [3.05, 3.63) is 71.0 Å². The lowest BCUT2D eigenvalue weighted by molar-refractivity contribution is -0.150. The van der Waals surface area contributed by atoms with Crippen LogP contribution in [0.1, 0.15) is 36.4 Å². The molecule has 2 heterocycles. The van der Waals surface area contributed by atoms with E-state index in [0.717, 1.165) is 28.2 Å². The lowest BCUT2D eigenvalue weighted by atomic mass is 9.84. The Bertz CT molecular complexity index is 1070. The number of carbonyl (C=O) groups excluding carboxylic acids is 1. The smallest absolute Gasteiger partial charge is 0.316 e. The Balaban J connectivity index is 1.43. The van der Waals surface area contributed by atoms with Crippen molar-refractivity contribution in [3.63, 3.8) is 0 Å². The Kier molecular flexibility index (Phi) is 5.24. The summed E-state index contributed by atoms with van der Waals surface area (Å²) in [7, 11) is 0. The van der Waals surface area contributed by atoms with Crippen molar-refractivity contribution in [1.82, 2.24) is 9.78 Å². The maximum atomic E-state index is 12.8. The molecular weight excluding hydrogens is 380 g/mol. The summed E-state index contributed by atoms with van der Waals surface area (Å²) in [4.78, 5) is 12.8. The number of ether oxygens (including phenoxy) is 3. The van der Waals surface area contributed by atoms with E-state index < -0.39 is 5.41 Å². The van der Waals surface area contributed by atoms with Crippen LogP contribution < -0.4 is 9.47 Å². The fourth-order valence-corrected chi connectivity index (χ4v) is 3.50. The van der Waals surface area contributed by atoms with Crippen LogP contribution in [0.2, 0.25) is 0 Å². The summed E-state index contributed by atoms with van der Waals surface area (Å²) in [5.41, 5.74) is 3.98. The highest BCUT2D eigenvalue weighted by Crippen LogP contribution is 2.35. The second-order valence-electron chi connectivity index (χ2n) is 8.06. The molecule has 1 aliphatic heterocycles. The number of rotatable bonds is 5.